The second kappa shape index (κ2) is 7.38. The molecule has 2 unspecified atom stereocenters. The molecule has 0 saturated carbocycles. The van der Waals surface area contributed by atoms with Crippen LogP contribution in [0.15, 0.2) is 18.2 Å². The average Bonchev–Trinajstić information content (AvgIpc) is 2.48. The highest BCUT2D eigenvalue weighted by Crippen LogP contribution is 2.21. The number of halogens is 1. The molecule has 0 radical (unpaired) electrons. The Hall–Kier alpha value is -1.66. The maximum absolute atomic E-state index is 13.7. The van der Waals surface area contributed by atoms with Crippen molar-refractivity contribution in [3.63, 3.8) is 0 Å². The van der Waals surface area contributed by atoms with Crippen molar-refractivity contribution in [1.82, 2.24) is 10.6 Å². The highest BCUT2D eigenvalue weighted by atomic mass is 19.1. The van der Waals surface area contributed by atoms with Crippen LogP contribution in [0.2, 0.25) is 0 Å². The Morgan fingerprint density at radius 1 is 1.62 bits per heavy atom. The summed E-state index contributed by atoms with van der Waals surface area (Å²) in [5, 5.41) is 6.09. The molecule has 0 spiro atoms. The third-order valence-electron chi connectivity index (χ3n) is 3.48. The summed E-state index contributed by atoms with van der Waals surface area (Å²) in [7, 11) is 1.42. The molecule has 0 aromatic heterocycles. The highest BCUT2D eigenvalue weighted by Gasteiger charge is 2.18. The fourth-order valence-corrected chi connectivity index (χ4v) is 2.31. The Kier molecular flexibility index (Phi) is 5.52. The van der Waals surface area contributed by atoms with E-state index in [0.717, 1.165) is 6.54 Å². The fourth-order valence-electron chi connectivity index (χ4n) is 2.31. The van der Waals surface area contributed by atoms with Crippen LogP contribution in [-0.2, 0) is 9.53 Å². The summed E-state index contributed by atoms with van der Waals surface area (Å²) in [4.78, 5) is 12.0. The number of hydrogen-bond acceptors (Lipinski definition) is 4. The van der Waals surface area contributed by atoms with Gasteiger partial charge in [0.05, 0.1) is 26.4 Å². The minimum absolute atomic E-state index is 0.0403. The first-order chi connectivity index (χ1) is 10.1. The molecule has 1 fully saturated rings. The van der Waals surface area contributed by atoms with Gasteiger partial charge in [-0.15, -0.1) is 0 Å². The van der Waals surface area contributed by atoms with E-state index in [9.17, 15) is 9.18 Å². The third-order valence-corrected chi connectivity index (χ3v) is 3.48. The van der Waals surface area contributed by atoms with E-state index in [1.165, 1.54) is 13.2 Å². The van der Waals surface area contributed by atoms with Crippen LogP contribution in [0.1, 0.15) is 24.9 Å². The normalized spacial score (nSPS) is 19.9. The van der Waals surface area contributed by atoms with Crippen molar-refractivity contribution >= 4 is 5.91 Å². The predicted octanol–water partition coefficient (Wildman–Crippen LogP) is 1.39. The van der Waals surface area contributed by atoms with Gasteiger partial charge in [0.2, 0.25) is 5.91 Å². The molecule has 2 N–H and O–H groups in total. The van der Waals surface area contributed by atoms with Crippen molar-refractivity contribution in [3.05, 3.63) is 29.6 Å². The standard InChI is InChI=1S/C15H21FN2O3/c1-10(11-3-4-14(20-2)13(16)7-11)18-15(19)8-12-9-21-6-5-17-12/h3-4,7,10,12,17H,5-6,8-9H2,1-2H3,(H,18,19). The quantitative estimate of drug-likeness (QED) is 0.862. The number of rotatable bonds is 5. The van der Waals surface area contributed by atoms with E-state index < -0.39 is 5.82 Å². The molecular formula is C15H21FN2O3. The lowest BCUT2D eigenvalue weighted by Crippen LogP contribution is -2.44. The number of ether oxygens (including phenoxy) is 2. The zero-order valence-electron chi connectivity index (χ0n) is 12.3. The number of nitrogens with one attached hydrogen (secondary N) is 2. The summed E-state index contributed by atoms with van der Waals surface area (Å²) in [6.07, 6.45) is 0.350. The predicted molar refractivity (Wildman–Crippen MR) is 76.7 cm³/mol. The molecule has 1 aromatic rings. The summed E-state index contributed by atoms with van der Waals surface area (Å²) < 4.78 is 23.8. The van der Waals surface area contributed by atoms with E-state index in [0.29, 0.717) is 25.2 Å². The molecule has 1 amide bonds. The second-order valence-electron chi connectivity index (χ2n) is 5.11. The van der Waals surface area contributed by atoms with E-state index in [4.69, 9.17) is 9.47 Å². The zero-order chi connectivity index (χ0) is 15.2. The van der Waals surface area contributed by atoms with Gasteiger partial charge in [0.1, 0.15) is 0 Å². The maximum atomic E-state index is 13.7. The lowest BCUT2D eigenvalue weighted by molar-refractivity contribution is -0.122. The smallest absolute Gasteiger partial charge is 0.222 e. The molecule has 0 aliphatic carbocycles. The minimum atomic E-state index is -0.432. The van der Waals surface area contributed by atoms with Crippen LogP contribution < -0.4 is 15.4 Å². The van der Waals surface area contributed by atoms with E-state index in [-0.39, 0.29) is 23.7 Å². The van der Waals surface area contributed by atoms with Gasteiger partial charge in [0, 0.05) is 19.0 Å². The van der Waals surface area contributed by atoms with Crippen LogP contribution in [0, 0.1) is 5.82 Å². The van der Waals surface area contributed by atoms with Crippen LogP contribution >= 0.6 is 0 Å². The summed E-state index contributed by atoms with van der Waals surface area (Å²) in [6, 6.07) is 4.46. The molecule has 1 heterocycles. The highest BCUT2D eigenvalue weighted by molar-refractivity contribution is 5.77. The molecule has 21 heavy (non-hydrogen) atoms. The largest absolute Gasteiger partial charge is 0.494 e. The van der Waals surface area contributed by atoms with Crippen LogP contribution in [0.5, 0.6) is 5.75 Å². The first-order valence-electron chi connectivity index (χ1n) is 7.04. The molecule has 2 atom stereocenters. The number of carbonyl (C=O) groups is 1. The van der Waals surface area contributed by atoms with Gasteiger partial charge in [-0.05, 0) is 24.6 Å². The molecule has 1 aliphatic heterocycles. The number of amides is 1. The van der Waals surface area contributed by atoms with E-state index in [1.807, 2.05) is 6.92 Å². The minimum Gasteiger partial charge on any atom is -0.494 e. The monoisotopic (exact) mass is 296 g/mol. The average molecular weight is 296 g/mol. The molecule has 2 rings (SSSR count). The van der Waals surface area contributed by atoms with Crippen molar-refractivity contribution < 1.29 is 18.7 Å². The van der Waals surface area contributed by atoms with Crippen molar-refractivity contribution in [3.8, 4) is 5.75 Å². The SMILES string of the molecule is COc1ccc(C(C)NC(=O)CC2COCCN2)cc1F. The molecule has 1 saturated heterocycles. The van der Waals surface area contributed by atoms with Crippen LogP contribution in [0.4, 0.5) is 4.39 Å². The van der Waals surface area contributed by atoms with Gasteiger partial charge in [0.25, 0.3) is 0 Å². The van der Waals surface area contributed by atoms with Crippen LogP contribution in [-0.4, -0.2) is 38.8 Å². The second-order valence-corrected chi connectivity index (χ2v) is 5.11. The van der Waals surface area contributed by atoms with E-state index >= 15 is 0 Å². The number of benzene rings is 1. The molecular weight excluding hydrogens is 275 g/mol. The van der Waals surface area contributed by atoms with Crippen molar-refractivity contribution in [2.45, 2.75) is 25.4 Å². The number of morpholine rings is 1. The van der Waals surface area contributed by atoms with Crippen molar-refractivity contribution in [1.29, 1.82) is 0 Å². The fraction of sp³-hybridized carbons (Fsp3) is 0.533. The molecule has 116 valence electrons. The first-order valence-corrected chi connectivity index (χ1v) is 7.04. The summed E-state index contributed by atoms with van der Waals surface area (Å²) in [6.45, 7) is 3.81. The van der Waals surface area contributed by atoms with Crippen LogP contribution in [0.3, 0.4) is 0 Å². The molecule has 1 aromatic carbocycles. The van der Waals surface area contributed by atoms with Gasteiger partial charge >= 0.3 is 0 Å². The number of methoxy groups -OCH3 is 1. The Bertz CT molecular complexity index is 490. The molecule has 0 bridgehead atoms. The van der Waals surface area contributed by atoms with Gasteiger partial charge in [-0.1, -0.05) is 6.07 Å². The van der Waals surface area contributed by atoms with Crippen molar-refractivity contribution in [2.24, 2.45) is 0 Å². The Morgan fingerprint density at radius 2 is 2.43 bits per heavy atom. The summed E-state index contributed by atoms with van der Waals surface area (Å²) in [5.74, 6) is -0.319. The van der Waals surface area contributed by atoms with Gasteiger partial charge in [-0.2, -0.15) is 0 Å². The first kappa shape index (κ1) is 15.7. The maximum Gasteiger partial charge on any atom is 0.222 e. The van der Waals surface area contributed by atoms with Gasteiger partial charge in [-0.25, -0.2) is 4.39 Å². The topological polar surface area (TPSA) is 59.6 Å². The Morgan fingerprint density at radius 3 is 3.05 bits per heavy atom. The lowest BCUT2D eigenvalue weighted by atomic mass is 10.1. The Balaban J connectivity index is 1.89. The molecule has 1 aliphatic rings. The van der Waals surface area contributed by atoms with E-state index in [1.54, 1.807) is 12.1 Å². The van der Waals surface area contributed by atoms with Gasteiger partial charge in [-0.3, -0.25) is 4.79 Å². The number of hydrogen-bond donors (Lipinski definition) is 2. The lowest BCUT2D eigenvalue weighted by Gasteiger charge is -2.24. The van der Waals surface area contributed by atoms with Crippen LogP contribution in [0.25, 0.3) is 0 Å². The van der Waals surface area contributed by atoms with Crippen molar-refractivity contribution in [2.75, 3.05) is 26.9 Å². The third kappa shape index (κ3) is 4.41. The Labute approximate surface area is 123 Å². The molecule has 5 nitrogen and oxygen atoms in total. The summed E-state index contributed by atoms with van der Waals surface area (Å²) >= 11 is 0. The van der Waals surface area contributed by atoms with E-state index in [2.05, 4.69) is 10.6 Å². The zero-order valence-corrected chi connectivity index (χ0v) is 12.3. The summed E-state index contributed by atoms with van der Waals surface area (Å²) in [5.41, 5.74) is 0.703. The number of carbonyl (C=O) groups excluding carboxylic acids is 1. The van der Waals surface area contributed by atoms with Gasteiger partial charge in [0.15, 0.2) is 11.6 Å². The van der Waals surface area contributed by atoms with Gasteiger partial charge < -0.3 is 20.1 Å². The molecule has 6 heteroatoms.